The lowest BCUT2D eigenvalue weighted by atomic mass is 9.95. The molecule has 174 valence electrons. The minimum Gasteiger partial charge on any atom is -0.455 e. The lowest BCUT2D eigenvalue weighted by molar-refractivity contribution is -0.140. The van der Waals surface area contributed by atoms with Gasteiger partial charge in [0.05, 0.1) is 11.2 Å². The molecule has 0 aliphatic carbocycles. The van der Waals surface area contributed by atoms with E-state index in [2.05, 4.69) is 37.0 Å². The summed E-state index contributed by atoms with van der Waals surface area (Å²) in [7, 11) is 12.0. The van der Waals surface area contributed by atoms with Crippen molar-refractivity contribution in [1.29, 1.82) is 5.26 Å². The van der Waals surface area contributed by atoms with Gasteiger partial charge < -0.3 is 8.98 Å². The molecule has 0 saturated carbocycles. The van der Waals surface area contributed by atoms with Gasteiger partial charge in [0.15, 0.2) is 5.58 Å². The van der Waals surface area contributed by atoms with Crippen LogP contribution in [0.3, 0.4) is 0 Å². The van der Waals surface area contributed by atoms with Crippen LogP contribution in [0.4, 0.5) is 4.39 Å². The average molecular weight is 531 g/mol. The van der Waals surface area contributed by atoms with Crippen LogP contribution in [0.15, 0.2) is 33.3 Å². The van der Waals surface area contributed by atoms with Gasteiger partial charge in [-0.15, -0.1) is 37.0 Å². The number of nitrogens with zero attached hydrogens (tertiary/aromatic N) is 3. The predicted molar refractivity (Wildman–Crippen MR) is 147 cm³/mol. The largest absolute Gasteiger partial charge is 0.455 e. The molecule has 3 aromatic rings. The molecule has 11 heteroatoms. The molecule has 1 aliphatic heterocycles. The molecular formula is C23H22FN3O3P4. The maximum atomic E-state index is 14.5. The quantitative estimate of drug-likeness (QED) is 0.295. The summed E-state index contributed by atoms with van der Waals surface area (Å²) >= 11 is 0. The van der Waals surface area contributed by atoms with Gasteiger partial charge in [0.2, 0.25) is 0 Å². The maximum absolute atomic E-state index is 14.5. The van der Waals surface area contributed by atoms with E-state index in [9.17, 15) is 19.2 Å². The lowest BCUT2D eigenvalue weighted by Gasteiger charge is -2.25. The van der Waals surface area contributed by atoms with E-state index in [-0.39, 0.29) is 23.5 Å². The van der Waals surface area contributed by atoms with E-state index >= 15 is 0 Å². The molecule has 0 spiro atoms. The SMILES string of the molecule is CCN1C(=O)C(C#N)=C(C)/C(=C/c2cc3c(cc(-c4c(P)c(P)c(F)c(P)c4P)n3C)o2)C1=O. The van der Waals surface area contributed by atoms with E-state index in [4.69, 9.17) is 4.42 Å². The van der Waals surface area contributed by atoms with Crippen molar-refractivity contribution in [2.24, 2.45) is 7.05 Å². The third kappa shape index (κ3) is 3.69. The van der Waals surface area contributed by atoms with Crippen LogP contribution >= 0.6 is 37.0 Å². The van der Waals surface area contributed by atoms with Gasteiger partial charge in [0.25, 0.3) is 11.8 Å². The summed E-state index contributed by atoms with van der Waals surface area (Å²) in [6.45, 7) is 3.44. The number of carbonyl (C=O) groups is 2. The number of furan rings is 1. The van der Waals surface area contributed by atoms with Crippen molar-refractivity contribution in [3.8, 4) is 17.3 Å². The zero-order valence-electron chi connectivity index (χ0n) is 18.7. The fourth-order valence-electron chi connectivity index (χ4n) is 4.07. The summed E-state index contributed by atoms with van der Waals surface area (Å²) in [6, 6.07) is 5.57. The first-order chi connectivity index (χ1) is 16.0. The number of hydrogen-bond donors (Lipinski definition) is 0. The van der Waals surface area contributed by atoms with Crippen LogP contribution in [0, 0.1) is 17.1 Å². The topological polar surface area (TPSA) is 79.2 Å². The fourth-order valence-corrected chi connectivity index (χ4v) is 5.87. The van der Waals surface area contributed by atoms with Gasteiger partial charge >= 0.3 is 0 Å². The minimum absolute atomic E-state index is 0.0511. The molecule has 4 unspecified atom stereocenters. The summed E-state index contributed by atoms with van der Waals surface area (Å²) in [4.78, 5) is 26.3. The number of imide groups is 1. The molecule has 4 atom stereocenters. The van der Waals surface area contributed by atoms with E-state index in [0.717, 1.165) is 32.3 Å². The standard InChI is InChI=1S/C23H22FN3O3P4/c1-4-27-22(28)11(9(2)12(8-25)23(27)29)5-10-6-13-15(30-10)7-14(26(13)3)16-18(31)20(33)17(24)21(34)19(16)32/h5-7H,4,31-34H2,1-3H3/b11-5-. The van der Waals surface area contributed by atoms with Crippen molar-refractivity contribution < 1.29 is 18.4 Å². The number of fused-ring (bicyclic) bond motifs is 1. The number of aromatic nitrogens is 1. The molecule has 2 aromatic heterocycles. The molecule has 1 aromatic carbocycles. The molecular weight excluding hydrogens is 509 g/mol. The molecule has 2 amide bonds. The Hall–Kier alpha value is -2.20. The highest BCUT2D eigenvalue weighted by Crippen LogP contribution is 2.32. The van der Waals surface area contributed by atoms with Crippen LogP contribution in [0.2, 0.25) is 0 Å². The van der Waals surface area contributed by atoms with Crippen LogP contribution in [-0.2, 0) is 16.6 Å². The minimum atomic E-state index is -0.582. The highest BCUT2D eigenvalue weighted by molar-refractivity contribution is 7.39. The summed E-state index contributed by atoms with van der Waals surface area (Å²) in [5, 5.41) is 11.8. The number of amides is 2. The summed E-state index contributed by atoms with van der Waals surface area (Å²) in [5.74, 6) is -0.913. The van der Waals surface area contributed by atoms with Crippen molar-refractivity contribution >= 4 is 87.2 Å². The molecule has 4 rings (SSSR count). The smallest absolute Gasteiger partial charge is 0.271 e. The Morgan fingerprint density at radius 1 is 1.09 bits per heavy atom. The van der Waals surface area contributed by atoms with Crippen molar-refractivity contribution in [1.82, 2.24) is 9.47 Å². The average Bonchev–Trinajstić information content (AvgIpc) is 3.33. The van der Waals surface area contributed by atoms with Crippen molar-refractivity contribution in [3.63, 3.8) is 0 Å². The monoisotopic (exact) mass is 531 g/mol. The zero-order chi connectivity index (χ0) is 25.1. The van der Waals surface area contributed by atoms with E-state index in [0.29, 0.717) is 27.5 Å². The third-order valence-corrected chi connectivity index (χ3v) is 9.02. The zero-order valence-corrected chi connectivity index (χ0v) is 23.3. The van der Waals surface area contributed by atoms with Crippen molar-refractivity contribution in [2.45, 2.75) is 13.8 Å². The summed E-state index contributed by atoms with van der Waals surface area (Å²) < 4.78 is 22.5. The number of nitriles is 1. The molecule has 6 nitrogen and oxygen atoms in total. The van der Waals surface area contributed by atoms with Crippen LogP contribution in [-0.4, -0.2) is 27.8 Å². The second-order valence-electron chi connectivity index (χ2n) is 7.85. The maximum Gasteiger partial charge on any atom is 0.271 e. The number of rotatable bonds is 3. The molecule has 0 radical (unpaired) electrons. The third-order valence-electron chi connectivity index (χ3n) is 6.03. The number of halogens is 1. The molecule has 0 saturated heterocycles. The van der Waals surface area contributed by atoms with Gasteiger partial charge in [0.1, 0.15) is 23.2 Å². The molecule has 0 N–H and O–H groups in total. The highest BCUT2D eigenvalue weighted by atomic mass is 31.0. The van der Waals surface area contributed by atoms with Gasteiger partial charge in [-0.2, -0.15) is 5.26 Å². The van der Waals surface area contributed by atoms with E-state index in [1.165, 1.54) is 0 Å². The van der Waals surface area contributed by atoms with E-state index in [1.807, 2.05) is 23.8 Å². The Kier molecular flexibility index (Phi) is 6.67. The number of benzene rings is 1. The number of aryl methyl sites for hydroxylation is 1. The fraction of sp³-hybridized carbons (Fsp3) is 0.174. The number of likely N-dealkylation sites (N-methyl/N-ethyl adjacent to an activating group) is 1. The van der Waals surface area contributed by atoms with Crippen LogP contribution < -0.4 is 21.2 Å². The van der Waals surface area contributed by atoms with Gasteiger partial charge in [-0.25, -0.2) is 4.39 Å². The molecule has 0 fully saturated rings. The molecule has 0 bridgehead atoms. The van der Waals surface area contributed by atoms with Crippen LogP contribution in [0.5, 0.6) is 0 Å². The Labute approximate surface area is 205 Å². The van der Waals surface area contributed by atoms with Crippen molar-refractivity contribution in [2.75, 3.05) is 6.54 Å². The van der Waals surface area contributed by atoms with E-state index in [1.54, 1.807) is 26.0 Å². The summed E-state index contributed by atoms with van der Waals surface area (Å²) in [5.41, 5.74) is 3.60. The van der Waals surface area contributed by atoms with Gasteiger partial charge in [-0.1, -0.05) is 0 Å². The number of carbonyl (C=O) groups excluding carboxylic acids is 2. The van der Waals surface area contributed by atoms with Gasteiger partial charge in [-0.3, -0.25) is 14.5 Å². The van der Waals surface area contributed by atoms with E-state index < -0.39 is 11.8 Å². The Morgan fingerprint density at radius 2 is 1.71 bits per heavy atom. The Bertz CT molecular complexity index is 1500. The Balaban J connectivity index is 1.86. The van der Waals surface area contributed by atoms with Gasteiger partial charge in [-0.05, 0) is 36.1 Å². The predicted octanol–water partition coefficient (Wildman–Crippen LogP) is 2.19. The number of hydrogen-bond acceptors (Lipinski definition) is 4. The highest BCUT2D eigenvalue weighted by Gasteiger charge is 2.34. The molecule has 3 heterocycles. The normalized spacial score (nSPS) is 15.7. The van der Waals surface area contributed by atoms with Crippen molar-refractivity contribution in [3.05, 3.63) is 40.4 Å². The first kappa shape index (κ1) is 24.9. The van der Waals surface area contributed by atoms with Crippen LogP contribution in [0.25, 0.3) is 28.4 Å². The second-order valence-corrected chi connectivity index (χ2v) is 10.2. The van der Waals surface area contributed by atoms with Gasteiger partial charge in [0, 0.05) is 47.5 Å². The summed E-state index contributed by atoms with van der Waals surface area (Å²) in [6.07, 6.45) is 1.56. The molecule has 34 heavy (non-hydrogen) atoms. The Morgan fingerprint density at radius 3 is 2.24 bits per heavy atom. The first-order valence-corrected chi connectivity index (χ1v) is 12.5. The lowest BCUT2D eigenvalue weighted by Crippen LogP contribution is -2.42. The second kappa shape index (κ2) is 9.11. The first-order valence-electron chi connectivity index (χ1n) is 10.2. The molecule has 1 aliphatic rings. The van der Waals surface area contributed by atoms with Crippen LogP contribution in [0.1, 0.15) is 19.6 Å².